The van der Waals surface area contributed by atoms with Crippen molar-refractivity contribution in [1.29, 1.82) is 0 Å². The second kappa shape index (κ2) is 5.29. The van der Waals surface area contributed by atoms with E-state index < -0.39 is 23.8 Å². The monoisotopic (exact) mass is 238 g/mol. The average Bonchev–Trinajstić information content (AvgIpc) is 2.27. The molecule has 92 valence electrons. The highest BCUT2D eigenvalue weighted by Gasteiger charge is 2.21. The Morgan fingerprint density at radius 1 is 1.35 bits per heavy atom. The third-order valence-corrected chi connectivity index (χ3v) is 2.51. The molecule has 6 heteroatoms. The number of carboxylic acids is 1. The topological polar surface area (TPSA) is 99.3 Å². The van der Waals surface area contributed by atoms with Crippen molar-refractivity contribution in [3.05, 3.63) is 34.2 Å². The van der Waals surface area contributed by atoms with Gasteiger partial charge < -0.3 is 15.4 Å². The number of H-pyrrole nitrogens is 1. The van der Waals surface area contributed by atoms with Crippen molar-refractivity contribution in [3.8, 4) is 0 Å². The second-order valence-corrected chi connectivity index (χ2v) is 3.82. The van der Waals surface area contributed by atoms with Crippen molar-refractivity contribution >= 4 is 11.9 Å². The summed E-state index contributed by atoms with van der Waals surface area (Å²) in [5.74, 6) is -2.18. The second-order valence-electron chi connectivity index (χ2n) is 3.82. The summed E-state index contributed by atoms with van der Waals surface area (Å²) in [6.07, 6.45) is 0. The number of aromatic nitrogens is 1. The molecule has 0 fully saturated rings. The van der Waals surface area contributed by atoms with Crippen LogP contribution in [0.2, 0.25) is 0 Å². The fourth-order valence-electron chi connectivity index (χ4n) is 1.20. The molecule has 0 radical (unpaired) electrons. The number of aromatic amines is 1. The number of carbonyl (C=O) groups is 2. The number of carbonyl (C=O) groups excluding carboxylic acids is 1. The van der Waals surface area contributed by atoms with E-state index in [0.29, 0.717) is 0 Å². The van der Waals surface area contributed by atoms with E-state index in [1.54, 1.807) is 6.92 Å². The van der Waals surface area contributed by atoms with E-state index >= 15 is 0 Å². The van der Waals surface area contributed by atoms with Gasteiger partial charge in [0, 0.05) is 12.1 Å². The molecule has 1 heterocycles. The molecule has 1 amide bonds. The molecule has 2 unspecified atom stereocenters. The zero-order chi connectivity index (χ0) is 13.0. The summed E-state index contributed by atoms with van der Waals surface area (Å²) in [5.41, 5.74) is -0.265. The minimum absolute atomic E-state index is 0.113. The Hall–Kier alpha value is -2.11. The van der Waals surface area contributed by atoms with E-state index in [2.05, 4.69) is 10.3 Å². The van der Waals surface area contributed by atoms with Gasteiger partial charge in [-0.2, -0.15) is 0 Å². The van der Waals surface area contributed by atoms with Gasteiger partial charge in [-0.25, -0.2) is 0 Å². The van der Waals surface area contributed by atoms with Gasteiger partial charge in [0.1, 0.15) is 5.69 Å². The molecule has 1 aromatic heterocycles. The molecule has 0 aliphatic heterocycles. The van der Waals surface area contributed by atoms with Crippen molar-refractivity contribution in [2.75, 3.05) is 0 Å². The molecule has 0 aliphatic carbocycles. The minimum atomic E-state index is -0.987. The molecule has 0 saturated heterocycles. The number of hydrogen-bond donors (Lipinski definition) is 3. The summed E-state index contributed by atoms with van der Waals surface area (Å²) in [4.78, 5) is 35.7. The predicted octanol–water partition coefficient (Wildman–Crippen LogP) is 0.214. The first-order chi connectivity index (χ1) is 7.91. The van der Waals surface area contributed by atoms with Gasteiger partial charge in [0.05, 0.1) is 5.92 Å². The molecule has 0 aromatic carbocycles. The Kier molecular flexibility index (Phi) is 4.03. The zero-order valence-corrected chi connectivity index (χ0v) is 9.56. The molecular weight excluding hydrogens is 224 g/mol. The van der Waals surface area contributed by atoms with Crippen LogP contribution in [-0.4, -0.2) is 28.0 Å². The van der Waals surface area contributed by atoms with Crippen molar-refractivity contribution in [2.24, 2.45) is 5.92 Å². The smallest absolute Gasteiger partial charge is 0.308 e. The normalized spacial score (nSPS) is 13.8. The molecular formula is C11H14N2O4. The van der Waals surface area contributed by atoms with Crippen molar-refractivity contribution in [2.45, 2.75) is 19.9 Å². The molecule has 3 N–H and O–H groups in total. The maximum atomic E-state index is 11.7. The van der Waals surface area contributed by atoms with Gasteiger partial charge in [0.25, 0.3) is 5.91 Å². The lowest BCUT2D eigenvalue weighted by molar-refractivity contribution is -0.141. The summed E-state index contributed by atoms with van der Waals surface area (Å²) in [5, 5.41) is 11.3. The number of pyridine rings is 1. The van der Waals surface area contributed by atoms with Gasteiger partial charge in [-0.3, -0.25) is 14.4 Å². The van der Waals surface area contributed by atoms with Crippen LogP contribution in [0.3, 0.4) is 0 Å². The molecule has 1 rings (SSSR count). The number of nitrogens with one attached hydrogen (secondary N) is 2. The van der Waals surface area contributed by atoms with Gasteiger partial charge in [0.2, 0.25) is 5.56 Å². The summed E-state index contributed by atoms with van der Waals surface area (Å²) in [6, 6.07) is 3.68. The Morgan fingerprint density at radius 3 is 2.53 bits per heavy atom. The quantitative estimate of drug-likeness (QED) is 0.698. The lowest BCUT2D eigenvalue weighted by Gasteiger charge is -2.17. The fourth-order valence-corrected chi connectivity index (χ4v) is 1.20. The van der Waals surface area contributed by atoms with Crippen LogP contribution in [-0.2, 0) is 4.79 Å². The highest BCUT2D eigenvalue weighted by Crippen LogP contribution is 2.03. The Bertz CT molecular complexity index is 480. The number of rotatable bonds is 4. The van der Waals surface area contributed by atoms with Crippen LogP contribution in [0, 0.1) is 5.92 Å². The Balaban J connectivity index is 2.73. The van der Waals surface area contributed by atoms with E-state index in [1.165, 1.54) is 25.1 Å². The van der Waals surface area contributed by atoms with Crippen molar-refractivity contribution in [3.63, 3.8) is 0 Å². The van der Waals surface area contributed by atoms with Crippen LogP contribution in [0.1, 0.15) is 24.3 Å². The summed E-state index contributed by atoms with van der Waals surface area (Å²) >= 11 is 0. The van der Waals surface area contributed by atoms with E-state index in [9.17, 15) is 14.4 Å². The third kappa shape index (κ3) is 3.44. The SMILES string of the molecule is CC(NC(=O)c1cccc(=O)[nH]1)C(C)C(=O)O. The van der Waals surface area contributed by atoms with Crippen LogP contribution in [0.15, 0.2) is 23.0 Å². The Labute approximate surface area is 97.7 Å². The fraction of sp³-hybridized carbons (Fsp3) is 0.364. The molecule has 6 nitrogen and oxygen atoms in total. The maximum absolute atomic E-state index is 11.7. The van der Waals surface area contributed by atoms with Crippen LogP contribution < -0.4 is 10.9 Å². The molecule has 2 atom stereocenters. The van der Waals surface area contributed by atoms with Gasteiger partial charge in [0.15, 0.2) is 0 Å². The molecule has 1 aromatic rings. The minimum Gasteiger partial charge on any atom is -0.481 e. The Morgan fingerprint density at radius 2 is 2.00 bits per heavy atom. The largest absolute Gasteiger partial charge is 0.481 e. The highest BCUT2D eigenvalue weighted by atomic mass is 16.4. The zero-order valence-electron chi connectivity index (χ0n) is 9.56. The third-order valence-electron chi connectivity index (χ3n) is 2.51. The van der Waals surface area contributed by atoms with E-state index in [4.69, 9.17) is 5.11 Å². The number of carboxylic acid groups (broad SMARTS) is 1. The molecule has 0 aliphatic rings. The first kappa shape index (κ1) is 13.0. The maximum Gasteiger partial charge on any atom is 0.308 e. The summed E-state index contributed by atoms with van der Waals surface area (Å²) in [7, 11) is 0. The van der Waals surface area contributed by atoms with Crippen LogP contribution in [0.4, 0.5) is 0 Å². The van der Waals surface area contributed by atoms with Gasteiger partial charge >= 0.3 is 5.97 Å². The first-order valence-electron chi connectivity index (χ1n) is 5.15. The standard InChI is InChI=1S/C11H14N2O4/c1-6(11(16)17)7(2)12-10(15)8-4-3-5-9(14)13-8/h3-7H,1-2H3,(H,12,15)(H,13,14)(H,16,17). The van der Waals surface area contributed by atoms with Crippen LogP contribution in [0.25, 0.3) is 0 Å². The number of aliphatic carboxylic acids is 1. The van der Waals surface area contributed by atoms with Crippen molar-refractivity contribution < 1.29 is 14.7 Å². The molecule has 17 heavy (non-hydrogen) atoms. The lowest BCUT2D eigenvalue weighted by atomic mass is 10.0. The van der Waals surface area contributed by atoms with E-state index in [1.807, 2.05) is 0 Å². The van der Waals surface area contributed by atoms with Crippen LogP contribution >= 0.6 is 0 Å². The predicted molar refractivity (Wildman–Crippen MR) is 60.8 cm³/mol. The number of amides is 1. The van der Waals surface area contributed by atoms with Crippen LogP contribution in [0.5, 0.6) is 0 Å². The first-order valence-corrected chi connectivity index (χ1v) is 5.15. The van der Waals surface area contributed by atoms with E-state index in [-0.39, 0.29) is 11.3 Å². The lowest BCUT2D eigenvalue weighted by Crippen LogP contribution is -2.40. The summed E-state index contributed by atoms with van der Waals surface area (Å²) in [6.45, 7) is 3.10. The van der Waals surface area contributed by atoms with E-state index in [0.717, 1.165) is 0 Å². The summed E-state index contributed by atoms with van der Waals surface area (Å²) < 4.78 is 0. The average molecular weight is 238 g/mol. The van der Waals surface area contributed by atoms with Gasteiger partial charge in [-0.15, -0.1) is 0 Å². The van der Waals surface area contributed by atoms with Gasteiger partial charge in [-0.05, 0) is 19.9 Å². The molecule has 0 bridgehead atoms. The molecule has 0 saturated carbocycles. The van der Waals surface area contributed by atoms with Crippen molar-refractivity contribution in [1.82, 2.24) is 10.3 Å². The number of hydrogen-bond acceptors (Lipinski definition) is 3. The molecule has 0 spiro atoms. The van der Waals surface area contributed by atoms with Gasteiger partial charge in [-0.1, -0.05) is 6.07 Å². The highest BCUT2D eigenvalue weighted by molar-refractivity contribution is 5.92.